The molecule has 1 heterocycles. The van der Waals surface area contributed by atoms with Gasteiger partial charge in [0.15, 0.2) is 0 Å². The topological polar surface area (TPSA) is 73.2 Å². The molecular formula is C20H22ClN3O2S. The van der Waals surface area contributed by atoms with Crippen LogP contribution in [0.1, 0.15) is 43.4 Å². The quantitative estimate of drug-likeness (QED) is 0.769. The van der Waals surface area contributed by atoms with Crippen molar-refractivity contribution in [3.05, 3.63) is 58.1 Å². The summed E-state index contributed by atoms with van der Waals surface area (Å²) in [5.41, 5.74) is 3.21. The first-order chi connectivity index (χ1) is 12.8. The molecule has 1 aliphatic rings. The average Bonchev–Trinajstić information content (AvgIpc) is 3.04. The number of sulfonamides is 1. The maximum absolute atomic E-state index is 12.7. The minimum atomic E-state index is -3.83. The molecule has 1 atom stereocenters. The van der Waals surface area contributed by atoms with Crippen LogP contribution in [0.15, 0.2) is 41.3 Å². The molecule has 2 aromatic rings. The standard InChI is InChI=1S/C20H22ClN3O2S/c1-3-4-14(2)24-12-16-6-7-18(10-17(16)13-24)23-27(25,26)20-8-5-15(11-22)9-19(20)21/h5-10,14,23H,3-4,12-13H2,1-2H3/t14-/m0/s1. The lowest BCUT2D eigenvalue weighted by Crippen LogP contribution is -2.27. The third-order valence-corrected chi connectivity index (χ3v) is 6.75. The molecule has 7 heteroatoms. The van der Waals surface area contributed by atoms with E-state index < -0.39 is 10.0 Å². The third-order valence-electron chi connectivity index (χ3n) is 4.89. The summed E-state index contributed by atoms with van der Waals surface area (Å²) in [5, 5.41) is 8.93. The number of halogens is 1. The van der Waals surface area contributed by atoms with Gasteiger partial charge in [0.1, 0.15) is 4.90 Å². The zero-order valence-corrected chi connectivity index (χ0v) is 16.9. The molecule has 0 spiro atoms. The molecule has 0 saturated carbocycles. The summed E-state index contributed by atoms with van der Waals surface area (Å²) in [6.45, 7) is 6.13. The molecular weight excluding hydrogens is 382 g/mol. The fourth-order valence-corrected chi connectivity index (χ4v) is 4.99. The molecule has 1 aliphatic heterocycles. The van der Waals surface area contributed by atoms with Gasteiger partial charge in [-0.3, -0.25) is 9.62 Å². The van der Waals surface area contributed by atoms with E-state index in [1.807, 2.05) is 18.2 Å². The number of hydrogen-bond acceptors (Lipinski definition) is 4. The second-order valence-corrected chi connectivity index (χ2v) is 8.95. The van der Waals surface area contributed by atoms with Gasteiger partial charge in [0.2, 0.25) is 0 Å². The molecule has 27 heavy (non-hydrogen) atoms. The fourth-order valence-electron chi connectivity index (χ4n) is 3.39. The van der Waals surface area contributed by atoms with E-state index in [-0.39, 0.29) is 9.92 Å². The van der Waals surface area contributed by atoms with Crippen molar-refractivity contribution in [3.8, 4) is 6.07 Å². The third kappa shape index (κ3) is 4.27. The van der Waals surface area contributed by atoms with Gasteiger partial charge in [-0.25, -0.2) is 8.42 Å². The van der Waals surface area contributed by atoms with Crippen molar-refractivity contribution in [2.75, 3.05) is 4.72 Å². The largest absolute Gasteiger partial charge is 0.292 e. The van der Waals surface area contributed by atoms with Crippen LogP contribution in [0, 0.1) is 11.3 Å². The second kappa shape index (κ2) is 7.89. The van der Waals surface area contributed by atoms with E-state index in [0.717, 1.165) is 31.5 Å². The van der Waals surface area contributed by atoms with Gasteiger partial charge < -0.3 is 0 Å². The Hall–Kier alpha value is -2.07. The predicted molar refractivity (Wildman–Crippen MR) is 107 cm³/mol. The van der Waals surface area contributed by atoms with E-state index in [2.05, 4.69) is 23.5 Å². The summed E-state index contributed by atoms with van der Waals surface area (Å²) in [6.07, 6.45) is 2.29. The molecule has 0 unspecified atom stereocenters. The van der Waals surface area contributed by atoms with E-state index >= 15 is 0 Å². The minimum absolute atomic E-state index is 0.0299. The summed E-state index contributed by atoms with van der Waals surface area (Å²) in [6, 6.07) is 12.2. The molecule has 1 N–H and O–H groups in total. The highest BCUT2D eigenvalue weighted by Crippen LogP contribution is 2.30. The zero-order chi connectivity index (χ0) is 19.6. The van der Waals surface area contributed by atoms with Crippen molar-refractivity contribution < 1.29 is 8.42 Å². The lowest BCUT2D eigenvalue weighted by atomic mass is 10.1. The van der Waals surface area contributed by atoms with Crippen molar-refractivity contribution in [2.45, 2.75) is 50.7 Å². The molecule has 0 saturated heterocycles. The van der Waals surface area contributed by atoms with Crippen LogP contribution in [0.2, 0.25) is 5.02 Å². The van der Waals surface area contributed by atoms with E-state index in [0.29, 0.717) is 17.3 Å². The van der Waals surface area contributed by atoms with Crippen LogP contribution in [0.3, 0.4) is 0 Å². The Bertz CT molecular complexity index is 999. The first kappa shape index (κ1) is 19.7. The van der Waals surface area contributed by atoms with E-state index in [9.17, 15) is 8.42 Å². The number of rotatable bonds is 6. The van der Waals surface area contributed by atoms with Gasteiger partial charge in [0.05, 0.1) is 16.7 Å². The first-order valence-corrected chi connectivity index (χ1v) is 10.8. The van der Waals surface area contributed by atoms with Gasteiger partial charge in [-0.05, 0) is 54.8 Å². The van der Waals surface area contributed by atoms with Gasteiger partial charge >= 0.3 is 0 Å². The Morgan fingerprint density at radius 2 is 1.96 bits per heavy atom. The SMILES string of the molecule is CCC[C@H](C)N1Cc2ccc(NS(=O)(=O)c3ccc(C#N)cc3Cl)cc2C1. The van der Waals surface area contributed by atoms with Crippen molar-refractivity contribution in [1.29, 1.82) is 5.26 Å². The van der Waals surface area contributed by atoms with Crippen molar-refractivity contribution in [2.24, 2.45) is 0 Å². The molecule has 0 amide bonds. The average molecular weight is 404 g/mol. The normalized spacial score (nSPS) is 15.2. The number of benzene rings is 2. The van der Waals surface area contributed by atoms with Crippen LogP contribution < -0.4 is 4.72 Å². The lowest BCUT2D eigenvalue weighted by Gasteiger charge is -2.23. The number of nitrogens with one attached hydrogen (secondary N) is 1. The fraction of sp³-hybridized carbons (Fsp3) is 0.350. The Balaban J connectivity index is 1.80. The van der Waals surface area contributed by atoms with Crippen LogP contribution in [-0.4, -0.2) is 19.4 Å². The second-order valence-electron chi connectivity index (χ2n) is 6.89. The van der Waals surface area contributed by atoms with Crippen LogP contribution >= 0.6 is 11.6 Å². The van der Waals surface area contributed by atoms with Gasteiger partial charge in [-0.1, -0.05) is 31.0 Å². The van der Waals surface area contributed by atoms with E-state index in [1.54, 1.807) is 6.07 Å². The first-order valence-electron chi connectivity index (χ1n) is 8.92. The molecule has 142 valence electrons. The maximum Gasteiger partial charge on any atom is 0.263 e. The van der Waals surface area contributed by atoms with Gasteiger partial charge in [-0.2, -0.15) is 5.26 Å². The molecule has 0 aliphatic carbocycles. The molecule has 0 bridgehead atoms. The number of hydrogen-bond donors (Lipinski definition) is 1. The minimum Gasteiger partial charge on any atom is -0.292 e. The summed E-state index contributed by atoms with van der Waals surface area (Å²) in [4.78, 5) is 2.37. The zero-order valence-electron chi connectivity index (χ0n) is 15.4. The van der Waals surface area contributed by atoms with E-state index in [4.69, 9.17) is 16.9 Å². The number of anilines is 1. The summed E-state index contributed by atoms with van der Waals surface area (Å²) < 4.78 is 28.0. The highest BCUT2D eigenvalue weighted by molar-refractivity contribution is 7.92. The molecule has 0 aromatic heterocycles. The van der Waals surface area contributed by atoms with Crippen molar-refractivity contribution in [1.82, 2.24) is 4.90 Å². The smallest absolute Gasteiger partial charge is 0.263 e. The molecule has 2 aromatic carbocycles. The molecule has 3 rings (SSSR count). The number of nitrogens with zero attached hydrogens (tertiary/aromatic N) is 2. The summed E-state index contributed by atoms with van der Waals surface area (Å²) >= 11 is 6.06. The molecule has 0 radical (unpaired) electrons. The Morgan fingerprint density at radius 1 is 1.22 bits per heavy atom. The van der Waals surface area contributed by atoms with Crippen LogP contribution in [-0.2, 0) is 23.1 Å². The van der Waals surface area contributed by atoms with Gasteiger partial charge in [-0.15, -0.1) is 0 Å². The molecule has 5 nitrogen and oxygen atoms in total. The molecule has 0 fully saturated rings. The summed E-state index contributed by atoms with van der Waals surface area (Å²) in [5.74, 6) is 0. The Morgan fingerprint density at radius 3 is 2.63 bits per heavy atom. The Labute approximate surface area is 165 Å². The van der Waals surface area contributed by atoms with Crippen LogP contribution in [0.4, 0.5) is 5.69 Å². The van der Waals surface area contributed by atoms with Crippen LogP contribution in [0.25, 0.3) is 0 Å². The van der Waals surface area contributed by atoms with Crippen molar-refractivity contribution >= 4 is 27.3 Å². The van der Waals surface area contributed by atoms with Gasteiger partial charge in [0.25, 0.3) is 10.0 Å². The monoisotopic (exact) mass is 403 g/mol. The highest BCUT2D eigenvalue weighted by Gasteiger charge is 2.24. The van der Waals surface area contributed by atoms with Gasteiger partial charge in [0, 0.05) is 24.8 Å². The number of fused-ring (bicyclic) bond motifs is 1. The highest BCUT2D eigenvalue weighted by atomic mass is 35.5. The van der Waals surface area contributed by atoms with Crippen molar-refractivity contribution in [3.63, 3.8) is 0 Å². The van der Waals surface area contributed by atoms with E-state index in [1.165, 1.54) is 23.8 Å². The van der Waals surface area contributed by atoms with Crippen LogP contribution in [0.5, 0.6) is 0 Å². The maximum atomic E-state index is 12.7. The Kier molecular flexibility index (Phi) is 5.75. The predicted octanol–water partition coefficient (Wildman–Crippen LogP) is 4.52. The number of nitriles is 1. The summed E-state index contributed by atoms with van der Waals surface area (Å²) in [7, 11) is -3.83. The lowest BCUT2D eigenvalue weighted by molar-refractivity contribution is 0.202.